The molecule has 1 heterocycles. The molecule has 166 valence electrons. The average molecular weight is 443 g/mol. The average Bonchev–Trinajstić information content (AvgIpc) is 3.61. The minimum atomic E-state index is -0.777. The molecular formula is C26H21NO6. The zero-order chi connectivity index (χ0) is 22.7. The number of likely N-dealkylation sites (tertiary alicyclic amines) is 1. The Balaban J connectivity index is 1.16. The summed E-state index contributed by atoms with van der Waals surface area (Å²) >= 11 is 0. The van der Waals surface area contributed by atoms with Crippen molar-refractivity contribution in [3.63, 3.8) is 0 Å². The summed E-state index contributed by atoms with van der Waals surface area (Å²) in [7, 11) is 0. The van der Waals surface area contributed by atoms with Crippen LogP contribution in [0.2, 0.25) is 0 Å². The molecular weight excluding hydrogens is 422 g/mol. The van der Waals surface area contributed by atoms with Gasteiger partial charge in [-0.15, -0.1) is 0 Å². The minimum absolute atomic E-state index is 0.0166. The van der Waals surface area contributed by atoms with Crippen molar-refractivity contribution in [2.75, 3.05) is 6.54 Å². The van der Waals surface area contributed by atoms with Crippen LogP contribution in [0, 0.1) is 35.5 Å². The van der Waals surface area contributed by atoms with Crippen molar-refractivity contribution in [3.05, 3.63) is 72.3 Å². The Hall–Kier alpha value is -3.74. The number of para-hydroxylation sites is 2. The lowest BCUT2D eigenvalue weighted by molar-refractivity contribution is -0.148. The van der Waals surface area contributed by atoms with Gasteiger partial charge in [0.2, 0.25) is 11.8 Å². The number of hydrogen-bond acceptors (Lipinski definition) is 6. The van der Waals surface area contributed by atoms with E-state index < -0.39 is 18.5 Å². The summed E-state index contributed by atoms with van der Waals surface area (Å²) in [5.41, 5.74) is 0.0739. The molecule has 2 aromatic carbocycles. The Morgan fingerprint density at radius 2 is 1.42 bits per heavy atom. The molecule has 0 N–H and O–H groups in total. The number of imide groups is 1. The lowest BCUT2D eigenvalue weighted by atomic mass is 9.63. The number of carbonyl (C=O) groups excluding carboxylic acids is 4. The van der Waals surface area contributed by atoms with Crippen LogP contribution < -0.4 is 9.47 Å². The van der Waals surface area contributed by atoms with Crippen LogP contribution in [0.4, 0.5) is 0 Å². The number of esters is 2. The van der Waals surface area contributed by atoms with Gasteiger partial charge in [0, 0.05) is 0 Å². The summed E-state index contributed by atoms with van der Waals surface area (Å²) in [4.78, 5) is 52.5. The fraction of sp³-hybridized carbons (Fsp3) is 0.308. The summed E-state index contributed by atoms with van der Waals surface area (Å²) in [6.07, 6.45) is 5.25. The van der Waals surface area contributed by atoms with Gasteiger partial charge in [-0.05, 0) is 54.4 Å². The molecule has 33 heavy (non-hydrogen) atoms. The first kappa shape index (κ1) is 19.9. The van der Waals surface area contributed by atoms with Gasteiger partial charge in [-0.25, -0.2) is 9.59 Å². The van der Waals surface area contributed by atoms with Crippen LogP contribution in [-0.2, 0) is 14.4 Å². The summed E-state index contributed by atoms with van der Waals surface area (Å²) in [6.45, 7) is -0.471. The summed E-state index contributed by atoms with van der Waals surface area (Å²) in [5, 5.41) is 0. The highest BCUT2D eigenvalue weighted by Gasteiger charge is 2.67. The quantitative estimate of drug-likeness (QED) is 0.306. The molecule has 6 atom stereocenters. The molecule has 0 aromatic heterocycles. The maximum absolute atomic E-state index is 13.1. The number of rotatable bonds is 5. The molecule has 0 radical (unpaired) electrons. The van der Waals surface area contributed by atoms with Crippen LogP contribution in [0.25, 0.3) is 0 Å². The number of amides is 2. The van der Waals surface area contributed by atoms with Crippen molar-refractivity contribution in [3.8, 4) is 11.5 Å². The van der Waals surface area contributed by atoms with Gasteiger partial charge < -0.3 is 9.47 Å². The number of hydrogen-bond donors (Lipinski definition) is 0. The molecule has 2 aromatic rings. The number of allylic oxidation sites excluding steroid dienone is 2. The van der Waals surface area contributed by atoms with Gasteiger partial charge in [-0.2, -0.15) is 0 Å². The highest BCUT2D eigenvalue weighted by Crippen LogP contribution is 2.65. The molecule has 1 aliphatic heterocycles. The Morgan fingerprint density at radius 1 is 0.818 bits per heavy atom. The third-order valence-electron chi connectivity index (χ3n) is 7.33. The second-order valence-corrected chi connectivity index (χ2v) is 9.09. The fourth-order valence-corrected chi connectivity index (χ4v) is 5.83. The maximum atomic E-state index is 13.1. The lowest BCUT2D eigenvalue weighted by Gasteiger charge is -2.37. The van der Waals surface area contributed by atoms with Crippen molar-refractivity contribution in [1.29, 1.82) is 0 Å². The number of nitrogens with zero attached hydrogens (tertiary/aromatic N) is 1. The molecule has 2 amide bonds. The molecule has 0 spiro atoms. The van der Waals surface area contributed by atoms with Crippen LogP contribution in [0.3, 0.4) is 0 Å². The maximum Gasteiger partial charge on any atom is 0.347 e. The second kappa shape index (κ2) is 7.40. The van der Waals surface area contributed by atoms with Gasteiger partial charge in [0.1, 0.15) is 23.6 Å². The molecule has 5 aliphatic rings. The van der Waals surface area contributed by atoms with E-state index >= 15 is 0 Å². The van der Waals surface area contributed by atoms with Gasteiger partial charge in [0.25, 0.3) is 0 Å². The molecule has 0 unspecified atom stereocenters. The van der Waals surface area contributed by atoms with Gasteiger partial charge in [0.15, 0.2) is 0 Å². The SMILES string of the molecule is O=C(CN1C(=O)[C@@H]2[C@@H]3C=C[C@H]([C@H]4C[C@H]34)[C@@H]2C1=O)Oc1ccccc1C(=O)Oc1ccccc1. The molecule has 2 saturated carbocycles. The smallest absolute Gasteiger partial charge is 0.347 e. The van der Waals surface area contributed by atoms with E-state index in [1.807, 2.05) is 0 Å². The zero-order valence-electron chi connectivity index (χ0n) is 17.6. The third-order valence-corrected chi connectivity index (χ3v) is 7.33. The predicted octanol–water partition coefficient (Wildman–Crippen LogP) is 2.86. The highest BCUT2D eigenvalue weighted by molar-refractivity contribution is 6.08. The van der Waals surface area contributed by atoms with Crippen LogP contribution in [0.1, 0.15) is 16.8 Å². The molecule has 4 aliphatic carbocycles. The van der Waals surface area contributed by atoms with Gasteiger partial charge >= 0.3 is 11.9 Å². The highest BCUT2D eigenvalue weighted by atomic mass is 16.6. The van der Waals surface area contributed by atoms with Crippen LogP contribution in [-0.4, -0.2) is 35.2 Å². The van der Waals surface area contributed by atoms with Crippen molar-refractivity contribution < 1.29 is 28.7 Å². The monoisotopic (exact) mass is 443 g/mol. The molecule has 7 rings (SSSR count). The van der Waals surface area contributed by atoms with E-state index in [1.54, 1.807) is 42.5 Å². The lowest BCUT2D eigenvalue weighted by Crippen LogP contribution is -2.40. The van der Waals surface area contributed by atoms with Gasteiger partial charge in [-0.1, -0.05) is 42.5 Å². The van der Waals surface area contributed by atoms with E-state index in [1.165, 1.54) is 12.1 Å². The molecule has 7 heteroatoms. The Labute approximate surface area is 190 Å². The summed E-state index contributed by atoms with van der Waals surface area (Å²) < 4.78 is 10.8. The molecule has 1 saturated heterocycles. The topological polar surface area (TPSA) is 90.0 Å². The van der Waals surface area contributed by atoms with E-state index in [2.05, 4.69) is 12.2 Å². The Kier molecular flexibility index (Phi) is 4.47. The van der Waals surface area contributed by atoms with Gasteiger partial charge in [-0.3, -0.25) is 14.5 Å². The number of ether oxygens (including phenoxy) is 2. The van der Waals surface area contributed by atoms with Crippen molar-refractivity contribution >= 4 is 23.8 Å². The first-order chi connectivity index (χ1) is 16.0. The van der Waals surface area contributed by atoms with E-state index in [0.717, 1.165) is 11.3 Å². The molecule has 7 nitrogen and oxygen atoms in total. The van der Waals surface area contributed by atoms with Crippen LogP contribution in [0.5, 0.6) is 11.5 Å². The van der Waals surface area contributed by atoms with Crippen molar-refractivity contribution in [2.24, 2.45) is 35.5 Å². The standard InChI is InChI=1S/C26H21NO6/c28-21(33-20-9-5-4-8-17(20)26(31)32-14-6-2-1-3-7-14)13-27-24(29)22-15-10-11-16(19-12-18(15)19)23(22)25(27)30/h1-11,15-16,18-19,22-23H,12-13H2/t15-,16-,18-,19-,22-,23+/m1/s1. The summed E-state index contributed by atoms with van der Waals surface area (Å²) in [5.74, 6) is -1.21. The van der Waals surface area contributed by atoms with Gasteiger partial charge in [0.05, 0.1) is 11.8 Å². The first-order valence-corrected chi connectivity index (χ1v) is 11.1. The second-order valence-electron chi connectivity index (χ2n) is 9.09. The summed E-state index contributed by atoms with van der Waals surface area (Å²) in [6, 6.07) is 14.8. The first-order valence-electron chi connectivity index (χ1n) is 11.1. The van der Waals surface area contributed by atoms with Crippen LogP contribution in [0.15, 0.2) is 66.7 Å². The number of carbonyl (C=O) groups is 4. The minimum Gasteiger partial charge on any atom is -0.424 e. The normalized spacial score (nSPS) is 30.6. The van der Waals surface area contributed by atoms with Crippen molar-refractivity contribution in [1.82, 2.24) is 4.90 Å². The van der Waals surface area contributed by atoms with Crippen molar-refractivity contribution in [2.45, 2.75) is 6.42 Å². The number of benzene rings is 2. The largest absolute Gasteiger partial charge is 0.424 e. The van der Waals surface area contributed by atoms with E-state index in [4.69, 9.17) is 9.47 Å². The predicted molar refractivity (Wildman–Crippen MR) is 115 cm³/mol. The Bertz CT molecular complexity index is 1170. The molecule has 2 bridgehead atoms. The van der Waals surface area contributed by atoms with E-state index in [9.17, 15) is 19.2 Å². The van der Waals surface area contributed by atoms with E-state index in [-0.39, 0.29) is 46.8 Å². The Morgan fingerprint density at radius 3 is 2.09 bits per heavy atom. The zero-order valence-corrected chi connectivity index (χ0v) is 17.6. The van der Waals surface area contributed by atoms with Crippen LogP contribution >= 0.6 is 0 Å². The molecule has 3 fully saturated rings. The third kappa shape index (κ3) is 3.18. The van der Waals surface area contributed by atoms with E-state index in [0.29, 0.717) is 17.6 Å². The fourth-order valence-electron chi connectivity index (χ4n) is 5.83.